The molecule has 0 rings (SSSR count). The van der Waals surface area contributed by atoms with Gasteiger partial charge < -0.3 is 4.79 Å². The van der Waals surface area contributed by atoms with E-state index in [1.807, 2.05) is 0 Å². The van der Waals surface area contributed by atoms with Crippen molar-refractivity contribution < 1.29 is 31.0 Å². The summed E-state index contributed by atoms with van der Waals surface area (Å²) in [4.78, 5) is 8.93. The van der Waals surface area contributed by atoms with Gasteiger partial charge in [0.05, 0.1) is 0 Å². The average molecular weight is 173 g/mol. The van der Waals surface area contributed by atoms with Crippen LogP contribution in [0, 0.1) is 0 Å². The fraction of sp³-hybridized carbons (Fsp3) is 0. The third-order valence-electron chi connectivity index (χ3n) is 0.0833. The molecule has 0 aromatic carbocycles. The molecule has 0 aliphatic heterocycles. The van der Waals surface area contributed by atoms with Gasteiger partial charge >= 0.3 is 0 Å². The second-order valence-electron chi connectivity index (χ2n) is 0.322. The summed E-state index contributed by atoms with van der Waals surface area (Å²) in [5, 5.41) is 0. The van der Waals surface area contributed by atoms with E-state index in [4.69, 9.17) is 4.79 Å². The summed E-state index contributed by atoms with van der Waals surface area (Å²) < 4.78 is 0. The van der Waals surface area contributed by atoms with E-state index in [0.717, 1.165) is 6.08 Å². The van der Waals surface area contributed by atoms with Gasteiger partial charge in [0.2, 0.25) is 0 Å². The molecule has 0 N–H and O–H groups in total. The summed E-state index contributed by atoms with van der Waals surface area (Å²) in [5.74, 6) is 0. The molecule has 0 aromatic rings. The number of hydrogen-bond donors (Lipinski definition) is 0. The topological polar surface area (TPSA) is 17.1 Å². The minimum atomic E-state index is 0. The summed E-state index contributed by atoms with van der Waals surface area (Å²) in [5.41, 5.74) is 0. The van der Waals surface area contributed by atoms with Gasteiger partial charge in [-0.15, -0.1) is 0 Å². The molecule has 29 valence electrons. The van der Waals surface area contributed by atoms with Crippen molar-refractivity contribution in [1.29, 1.82) is 0 Å². The maximum atomic E-state index is 8.93. The Morgan fingerprint density at radius 1 is 1.67 bits per heavy atom. The van der Waals surface area contributed by atoms with Crippen molar-refractivity contribution in [2.24, 2.45) is 0 Å². The largest absolute Gasteiger partial charge is 0.419 e. The van der Waals surface area contributed by atoms with Gasteiger partial charge in [0.25, 0.3) is 0 Å². The number of hydrogen-bond acceptors (Lipinski definition) is 1. The molecule has 0 amide bonds. The van der Waals surface area contributed by atoms with Crippen molar-refractivity contribution in [3.05, 3.63) is 12.7 Å². The number of carbonyl (C=O) groups excluding carboxylic acids is 1. The first-order chi connectivity index (χ1) is 1.91. The van der Waals surface area contributed by atoms with Crippen LogP contribution in [-0.4, -0.2) is 23.6 Å². The minimum absolute atomic E-state index is 0. The van der Waals surface area contributed by atoms with Gasteiger partial charge in [0, 0.05) is 43.6 Å². The van der Waals surface area contributed by atoms with Gasteiger partial charge in [-0.25, -0.2) is 12.7 Å². The van der Waals surface area contributed by atoms with Gasteiger partial charge in [-0.3, -0.25) is 0 Å². The molecule has 0 aromatic heterocycles. The number of allylic oxidation sites excluding steroid dienone is 1. The van der Waals surface area contributed by atoms with E-state index >= 15 is 0 Å². The van der Waals surface area contributed by atoms with Crippen LogP contribution in [0.15, 0.2) is 12.7 Å². The molecule has 0 fully saturated rings. The van der Waals surface area contributed by atoms with Crippen LogP contribution in [-0.2, 0) is 31.0 Å². The van der Waals surface area contributed by atoms with Gasteiger partial charge in [-0.2, -0.15) is 0 Å². The molecule has 3 heteroatoms. The minimum Gasteiger partial charge on any atom is -0.419 e. The second-order valence-corrected chi connectivity index (χ2v) is 0.322. The Morgan fingerprint density at radius 2 is 1.83 bits per heavy atom. The van der Waals surface area contributed by atoms with Crippen molar-refractivity contribution in [2.45, 2.75) is 0 Å². The fourth-order valence-electron chi connectivity index (χ4n) is 0. The first-order valence-corrected chi connectivity index (χ1v) is 0.901. The van der Waals surface area contributed by atoms with Crippen molar-refractivity contribution in [2.75, 3.05) is 0 Å². The Bertz CT molecular complexity index is 31.8. The molecule has 1 nitrogen and oxygen atoms in total. The fourth-order valence-corrected chi connectivity index (χ4v) is 0. The Labute approximate surface area is 67.1 Å². The molecule has 6 heavy (non-hydrogen) atoms. The van der Waals surface area contributed by atoms with Crippen LogP contribution < -0.4 is 0 Å². The van der Waals surface area contributed by atoms with Crippen molar-refractivity contribution >= 4 is 23.6 Å². The summed E-state index contributed by atoms with van der Waals surface area (Å²) in [6.07, 6.45) is 2.51. The first-order valence-electron chi connectivity index (χ1n) is 0.901. The van der Waals surface area contributed by atoms with E-state index in [0.29, 0.717) is 0 Å². The van der Waals surface area contributed by atoms with E-state index in [2.05, 4.69) is 6.58 Å². The smallest absolute Gasteiger partial charge is 0 e. The van der Waals surface area contributed by atoms with Crippen LogP contribution in [0.3, 0.4) is 0 Å². The van der Waals surface area contributed by atoms with Crippen LogP contribution in [0.2, 0.25) is 0 Å². The molecule has 0 atom stereocenters. The summed E-state index contributed by atoms with van der Waals surface area (Å²) in [7, 11) is 0. The van der Waals surface area contributed by atoms with E-state index < -0.39 is 0 Å². The van der Waals surface area contributed by atoms with E-state index in [1.54, 1.807) is 0 Å². The van der Waals surface area contributed by atoms with Crippen LogP contribution in [0.4, 0.5) is 0 Å². The summed E-state index contributed by atoms with van der Waals surface area (Å²) in [6.45, 7) is 3.06. The maximum absolute atomic E-state index is 8.93. The molecular formula is C3H3AlOZr-. The van der Waals surface area contributed by atoms with Crippen LogP contribution in [0.1, 0.15) is 0 Å². The molecular weight excluding hydrogens is 170 g/mol. The monoisotopic (exact) mass is 172 g/mol. The van der Waals surface area contributed by atoms with E-state index in [9.17, 15) is 0 Å². The normalized spacial score (nSPS) is 3.33. The van der Waals surface area contributed by atoms with E-state index in [1.165, 1.54) is 6.29 Å². The zero-order valence-corrected chi connectivity index (χ0v) is 6.88. The molecule has 3 radical (unpaired) electrons. The van der Waals surface area contributed by atoms with Crippen molar-refractivity contribution in [1.82, 2.24) is 0 Å². The zero-order chi connectivity index (χ0) is 3.41. The molecule has 0 saturated heterocycles. The Morgan fingerprint density at radius 3 is 1.83 bits per heavy atom. The third-order valence-corrected chi connectivity index (χ3v) is 0.0833. The zero-order valence-electron chi connectivity index (χ0n) is 3.27. The predicted octanol–water partition coefficient (Wildman–Crippen LogP) is -0.101. The summed E-state index contributed by atoms with van der Waals surface area (Å²) >= 11 is 0. The molecule has 0 spiro atoms. The van der Waals surface area contributed by atoms with Gasteiger partial charge in [-0.05, 0) is 6.29 Å². The first kappa shape index (κ1) is 15.8. The quantitative estimate of drug-likeness (QED) is 0.307. The molecule has 0 aliphatic rings. The van der Waals surface area contributed by atoms with Gasteiger partial charge in [0.1, 0.15) is 0 Å². The van der Waals surface area contributed by atoms with Gasteiger partial charge in [0.15, 0.2) is 0 Å². The van der Waals surface area contributed by atoms with Gasteiger partial charge in [-0.1, -0.05) is 0 Å². The average Bonchev–Trinajstić information content (AvgIpc) is 1.37. The molecule has 0 aliphatic carbocycles. The molecule has 0 heterocycles. The Hall–Kier alpha value is 0.826. The van der Waals surface area contributed by atoms with Crippen LogP contribution in [0.25, 0.3) is 0 Å². The molecule has 0 saturated carbocycles. The number of rotatable bonds is 1. The SMILES string of the molecule is C=C[C-]=O.[Al].[Zr]. The van der Waals surface area contributed by atoms with Crippen molar-refractivity contribution in [3.63, 3.8) is 0 Å². The third kappa shape index (κ3) is 21.2. The second kappa shape index (κ2) is 17.0. The van der Waals surface area contributed by atoms with E-state index in [-0.39, 0.29) is 43.6 Å². The van der Waals surface area contributed by atoms with Crippen LogP contribution in [0.5, 0.6) is 0 Å². The van der Waals surface area contributed by atoms with Crippen LogP contribution >= 0.6 is 0 Å². The Kier molecular flexibility index (Phi) is 44.8. The predicted molar refractivity (Wildman–Crippen MR) is 21.6 cm³/mol. The van der Waals surface area contributed by atoms with Crippen molar-refractivity contribution in [3.8, 4) is 0 Å². The molecule has 0 bridgehead atoms. The Balaban J connectivity index is -0.0000000450. The summed E-state index contributed by atoms with van der Waals surface area (Å²) in [6, 6.07) is 0. The molecule has 0 unspecified atom stereocenters. The standard InChI is InChI=1S/C3H3O.Al.Zr/c1-2-3-4;;/h2H,1H2;;/q-1;;. The maximum Gasteiger partial charge on any atom is 0 e.